The van der Waals surface area contributed by atoms with E-state index in [1.807, 2.05) is 0 Å². The van der Waals surface area contributed by atoms with E-state index < -0.39 is 24.0 Å². The number of nitrogens with one attached hydrogen (secondary N) is 1. The zero-order valence-electron chi connectivity index (χ0n) is 9.78. The van der Waals surface area contributed by atoms with Gasteiger partial charge >= 0.3 is 12.0 Å². The van der Waals surface area contributed by atoms with E-state index in [-0.39, 0.29) is 15.6 Å². The van der Waals surface area contributed by atoms with E-state index in [4.69, 9.17) is 33.7 Å². The van der Waals surface area contributed by atoms with Crippen molar-refractivity contribution in [1.29, 1.82) is 0 Å². The molecule has 0 bridgehead atoms. The highest BCUT2D eigenvalue weighted by molar-refractivity contribution is 6.39. The van der Waals surface area contributed by atoms with E-state index in [2.05, 4.69) is 0 Å². The zero-order chi connectivity index (χ0) is 14.6. The molecule has 0 aliphatic heterocycles. The van der Waals surface area contributed by atoms with Gasteiger partial charge in [-0.2, -0.15) is 0 Å². The number of carbonyl (C=O) groups excluding carboxylic acids is 3. The largest absolute Gasteiger partial charge is 0.449 e. The van der Waals surface area contributed by atoms with Gasteiger partial charge < -0.3 is 10.5 Å². The van der Waals surface area contributed by atoms with E-state index in [1.165, 1.54) is 19.1 Å². The summed E-state index contributed by atoms with van der Waals surface area (Å²) in [6.45, 7) is 1.28. The van der Waals surface area contributed by atoms with E-state index in [0.717, 1.165) is 0 Å². The predicted molar refractivity (Wildman–Crippen MR) is 69.1 cm³/mol. The minimum atomic E-state index is -1.22. The fraction of sp³-hybridized carbons (Fsp3) is 0.182. The summed E-state index contributed by atoms with van der Waals surface area (Å²) in [6, 6.07) is 3.43. The molecule has 0 aliphatic rings. The lowest BCUT2D eigenvalue weighted by atomic mass is 10.2. The minimum Gasteiger partial charge on any atom is -0.449 e. The number of nitrogens with two attached hydrogens (primary N) is 1. The zero-order valence-corrected chi connectivity index (χ0v) is 11.3. The van der Waals surface area contributed by atoms with Crippen molar-refractivity contribution in [2.75, 3.05) is 0 Å². The number of amides is 3. The summed E-state index contributed by atoms with van der Waals surface area (Å²) < 4.78 is 4.83. The monoisotopic (exact) mass is 304 g/mol. The average molecular weight is 305 g/mol. The number of halogens is 2. The van der Waals surface area contributed by atoms with Crippen LogP contribution in [0.25, 0.3) is 0 Å². The molecular weight excluding hydrogens is 295 g/mol. The molecule has 0 heterocycles. The highest BCUT2D eigenvalue weighted by Gasteiger charge is 2.23. The summed E-state index contributed by atoms with van der Waals surface area (Å²) in [5.41, 5.74) is 4.72. The van der Waals surface area contributed by atoms with Crippen molar-refractivity contribution >= 4 is 41.1 Å². The fourth-order valence-corrected chi connectivity index (χ4v) is 1.74. The number of imide groups is 1. The molecule has 1 atom stereocenters. The maximum Gasteiger partial charge on any atom is 0.341 e. The van der Waals surface area contributed by atoms with Crippen LogP contribution in [0.15, 0.2) is 18.2 Å². The third kappa shape index (κ3) is 4.11. The van der Waals surface area contributed by atoms with Crippen LogP contribution < -0.4 is 11.1 Å². The standard InChI is InChI=1S/C11H10Cl2N2O4/c1-5(9(16)15-11(14)18)19-10(17)8-6(12)3-2-4-7(8)13/h2-5H,1H3,(H3,14,15,16,18)/t5-/m1/s1. The first kappa shape index (κ1) is 15.3. The Kier molecular flexibility index (Phi) is 5.14. The molecule has 0 unspecified atom stereocenters. The lowest BCUT2D eigenvalue weighted by Gasteiger charge is -2.13. The normalized spacial score (nSPS) is 11.5. The molecule has 8 heteroatoms. The van der Waals surface area contributed by atoms with Crippen LogP contribution >= 0.6 is 23.2 Å². The van der Waals surface area contributed by atoms with E-state index in [9.17, 15) is 14.4 Å². The molecule has 3 amide bonds. The molecule has 0 saturated carbocycles. The first-order valence-electron chi connectivity index (χ1n) is 5.08. The molecule has 102 valence electrons. The minimum absolute atomic E-state index is 0.0513. The first-order valence-corrected chi connectivity index (χ1v) is 5.83. The van der Waals surface area contributed by atoms with Gasteiger partial charge in [0.25, 0.3) is 5.91 Å². The summed E-state index contributed by atoms with van der Waals surface area (Å²) in [7, 11) is 0. The highest BCUT2D eigenvalue weighted by atomic mass is 35.5. The van der Waals surface area contributed by atoms with Crippen molar-refractivity contribution in [3.63, 3.8) is 0 Å². The van der Waals surface area contributed by atoms with Gasteiger partial charge in [-0.1, -0.05) is 29.3 Å². The summed E-state index contributed by atoms with van der Waals surface area (Å²) in [5.74, 6) is -1.72. The topological polar surface area (TPSA) is 98.5 Å². The Hall–Kier alpha value is -1.79. The Morgan fingerprint density at radius 2 is 1.79 bits per heavy atom. The van der Waals surface area contributed by atoms with Gasteiger partial charge in [0.1, 0.15) is 0 Å². The molecule has 6 nitrogen and oxygen atoms in total. The number of benzene rings is 1. The molecule has 0 saturated heterocycles. The van der Waals surface area contributed by atoms with Gasteiger partial charge in [-0.15, -0.1) is 0 Å². The maximum atomic E-state index is 11.8. The van der Waals surface area contributed by atoms with E-state index >= 15 is 0 Å². The second kappa shape index (κ2) is 6.40. The van der Waals surface area contributed by atoms with E-state index in [0.29, 0.717) is 0 Å². The smallest absolute Gasteiger partial charge is 0.341 e. The Labute approximate surface area is 118 Å². The molecule has 0 spiro atoms. The van der Waals surface area contributed by atoms with Gasteiger partial charge in [0.2, 0.25) is 0 Å². The number of ether oxygens (including phenoxy) is 1. The van der Waals surface area contributed by atoms with Gasteiger partial charge in [-0.05, 0) is 19.1 Å². The Morgan fingerprint density at radius 3 is 2.26 bits per heavy atom. The van der Waals surface area contributed by atoms with Gasteiger partial charge in [0, 0.05) is 0 Å². The fourth-order valence-electron chi connectivity index (χ4n) is 1.19. The molecule has 1 rings (SSSR count). The van der Waals surface area contributed by atoms with Crippen LogP contribution in [0.2, 0.25) is 10.0 Å². The van der Waals surface area contributed by atoms with Gasteiger partial charge in [-0.3, -0.25) is 10.1 Å². The van der Waals surface area contributed by atoms with Gasteiger partial charge in [0.15, 0.2) is 6.10 Å². The van der Waals surface area contributed by atoms with Crippen molar-refractivity contribution in [1.82, 2.24) is 5.32 Å². The number of primary amides is 1. The van der Waals surface area contributed by atoms with Crippen molar-refractivity contribution in [2.24, 2.45) is 5.73 Å². The second-order valence-corrected chi connectivity index (χ2v) is 4.31. The van der Waals surface area contributed by atoms with Crippen molar-refractivity contribution in [3.8, 4) is 0 Å². The molecular formula is C11H10Cl2N2O4. The summed E-state index contributed by atoms with van der Waals surface area (Å²) in [5, 5.41) is 1.98. The third-order valence-electron chi connectivity index (χ3n) is 2.07. The van der Waals surface area contributed by atoms with Crippen LogP contribution in [0.5, 0.6) is 0 Å². The summed E-state index contributed by atoms with van der Waals surface area (Å²) in [4.78, 5) is 33.6. The Morgan fingerprint density at radius 1 is 1.26 bits per heavy atom. The second-order valence-electron chi connectivity index (χ2n) is 3.50. The van der Waals surface area contributed by atoms with Crippen LogP contribution in [-0.2, 0) is 9.53 Å². The van der Waals surface area contributed by atoms with Crippen molar-refractivity contribution in [2.45, 2.75) is 13.0 Å². The predicted octanol–water partition coefficient (Wildman–Crippen LogP) is 1.73. The number of rotatable bonds is 3. The molecule has 1 aromatic rings. The first-order chi connectivity index (χ1) is 8.82. The van der Waals surface area contributed by atoms with Crippen LogP contribution in [-0.4, -0.2) is 24.0 Å². The number of hydrogen-bond donors (Lipinski definition) is 2. The van der Waals surface area contributed by atoms with Crippen LogP contribution in [0.3, 0.4) is 0 Å². The third-order valence-corrected chi connectivity index (χ3v) is 2.70. The number of hydrogen-bond acceptors (Lipinski definition) is 4. The Balaban J connectivity index is 2.80. The Bertz CT molecular complexity index is 513. The molecule has 3 N–H and O–H groups in total. The summed E-state index contributed by atoms with van der Waals surface area (Å²) >= 11 is 11.6. The lowest BCUT2D eigenvalue weighted by molar-refractivity contribution is -0.127. The molecule has 0 aliphatic carbocycles. The molecule has 19 heavy (non-hydrogen) atoms. The van der Waals surface area contributed by atoms with Crippen LogP contribution in [0.1, 0.15) is 17.3 Å². The van der Waals surface area contributed by atoms with Gasteiger partial charge in [-0.25, -0.2) is 9.59 Å². The quantitative estimate of drug-likeness (QED) is 0.831. The van der Waals surface area contributed by atoms with Crippen LogP contribution in [0.4, 0.5) is 4.79 Å². The van der Waals surface area contributed by atoms with Gasteiger partial charge in [0.05, 0.1) is 15.6 Å². The highest BCUT2D eigenvalue weighted by Crippen LogP contribution is 2.25. The maximum absolute atomic E-state index is 11.8. The van der Waals surface area contributed by atoms with Crippen LogP contribution in [0, 0.1) is 0 Å². The molecule has 0 aromatic heterocycles. The SMILES string of the molecule is C[C@@H](OC(=O)c1c(Cl)cccc1Cl)C(=O)NC(N)=O. The van der Waals surface area contributed by atoms with Crippen molar-refractivity contribution < 1.29 is 19.1 Å². The average Bonchev–Trinajstić information content (AvgIpc) is 2.27. The summed E-state index contributed by atoms with van der Waals surface area (Å²) in [6.07, 6.45) is -1.22. The number of esters is 1. The number of urea groups is 1. The molecule has 1 aromatic carbocycles. The lowest BCUT2D eigenvalue weighted by Crippen LogP contribution is -2.42. The van der Waals surface area contributed by atoms with E-state index in [1.54, 1.807) is 11.4 Å². The number of carbonyl (C=O) groups is 3. The molecule has 0 fully saturated rings. The molecule has 0 radical (unpaired) electrons. The van der Waals surface area contributed by atoms with Crippen molar-refractivity contribution in [3.05, 3.63) is 33.8 Å².